The van der Waals surface area contributed by atoms with Gasteiger partial charge in [0.15, 0.2) is 0 Å². The Kier molecular flexibility index (Phi) is 5.44. The smallest absolute Gasteiger partial charge is 0.416 e. The van der Waals surface area contributed by atoms with Crippen molar-refractivity contribution in [3.8, 4) is 5.75 Å². The van der Waals surface area contributed by atoms with Crippen molar-refractivity contribution >= 4 is 5.91 Å². The summed E-state index contributed by atoms with van der Waals surface area (Å²) in [5.41, 5.74) is 0.138. The Balaban J connectivity index is 1.52. The largest absolute Gasteiger partial charge is 0.490 e. The first-order chi connectivity index (χ1) is 12.4. The van der Waals surface area contributed by atoms with Crippen molar-refractivity contribution in [2.45, 2.75) is 31.5 Å². The number of pyridine rings is 1. The van der Waals surface area contributed by atoms with Crippen molar-refractivity contribution in [3.63, 3.8) is 0 Å². The van der Waals surface area contributed by atoms with Crippen LogP contribution in [0.25, 0.3) is 0 Å². The molecule has 0 aliphatic carbocycles. The predicted molar refractivity (Wildman–Crippen MR) is 89.6 cm³/mol. The number of piperidine rings is 1. The molecule has 1 aliphatic rings. The molecule has 2 aromatic rings. The van der Waals surface area contributed by atoms with E-state index >= 15 is 0 Å². The molecule has 0 bridgehead atoms. The van der Waals surface area contributed by atoms with Crippen LogP contribution in [0.3, 0.4) is 0 Å². The van der Waals surface area contributed by atoms with Gasteiger partial charge in [0.2, 0.25) is 5.91 Å². The van der Waals surface area contributed by atoms with Gasteiger partial charge in [-0.2, -0.15) is 13.2 Å². The van der Waals surface area contributed by atoms with E-state index in [4.69, 9.17) is 4.74 Å². The number of aromatic nitrogens is 1. The summed E-state index contributed by atoms with van der Waals surface area (Å²) >= 11 is 0. The van der Waals surface area contributed by atoms with Crippen LogP contribution in [0, 0.1) is 0 Å². The van der Waals surface area contributed by atoms with Crippen molar-refractivity contribution in [3.05, 3.63) is 59.9 Å². The Morgan fingerprint density at radius 2 is 1.96 bits per heavy atom. The molecule has 1 saturated heterocycles. The zero-order chi connectivity index (χ0) is 18.6. The monoisotopic (exact) mass is 364 g/mol. The Hall–Kier alpha value is -2.57. The lowest BCUT2D eigenvalue weighted by atomic mass is 10.1. The molecular weight excluding hydrogens is 345 g/mol. The van der Waals surface area contributed by atoms with Crippen LogP contribution in [0.1, 0.15) is 24.0 Å². The normalized spacial score (nSPS) is 15.7. The molecule has 1 aromatic heterocycles. The third-order valence-electron chi connectivity index (χ3n) is 4.34. The zero-order valence-electron chi connectivity index (χ0n) is 14.1. The summed E-state index contributed by atoms with van der Waals surface area (Å²) in [5, 5.41) is 0. The number of nitrogens with zero attached hydrogens (tertiary/aromatic N) is 2. The lowest BCUT2D eigenvalue weighted by molar-refractivity contribution is -0.138. The molecule has 1 aromatic carbocycles. The van der Waals surface area contributed by atoms with Gasteiger partial charge in [-0.3, -0.25) is 9.78 Å². The zero-order valence-corrected chi connectivity index (χ0v) is 14.1. The van der Waals surface area contributed by atoms with E-state index in [1.165, 1.54) is 12.1 Å². The molecule has 138 valence electrons. The fraction of sp³-hybridized carbons (Fsp3) is 0.368. The van der Waals surface area contributed by atoms with Gasteiger partial charge in [0.05, 0.1) is 12.0 Å². The van der Waals surface area contributed by atoms with Gasteiger partial charge in [-0.15, -0.1) is 0 Å². The van der Waals surface area contributed by atoms with Crippen LogP contribution in [0.15, 0.2) is 48.8 Å². The van der Waals surface area contributed by atoms with Gasteiger partial charge in [-0.1, -0.05) is 12.1 Å². The molecule has 7 heteroatoms. The van der Waals surface area contributed by atoms with Crippen LogP contribution in [-0.4, -0.2) is 35.0 Å². The first-order valence-corrected chi connectivity index (χ1v) is 8.42. The van der Waals surface area contributed by atoms with Crippen LogP contribution in [0.2, 0.25) is 0 Å². The van der Waals surface area contributed by atoms with Crippen LogP contribution < -0.4 is 4.74 Å². The van der Waals surface area contributed by atoms with Crippen molar-refractivity contribution in [1.29, 1.82) is 0 Å². The van der Waals surface area contributed by atoms with Gasteiger partial charge in [0, 0.05) is 38.3 Å². The second kappa shape index (κ2) is 7.76. The van der Waals surface area contributed by atoms with Crippen LogP contribution in [0.5, 0.6) is 5.75 Å². The highest BCUT2D eigenvalue weighted by atomic mass is 19.4. The summed E-state index contributed by atoms with van der Waals surface area (Å²) in [4.78, 5) is 18.1. The summed E-state index contributed by atoms with van der Waals surface area (Å²) < 4.78 is 44.0. The van der Waals surface area contributed by atoms with E-state index in [9.17, 15) is 18.0 Å². The number of rotatable bonds is 4. The van der Waals surface area contributed by atoms with Gasteiger partial charge in [-0.25, -0.2) is 0 Å². The summed E-state index contributed by atoms with van der Waals surface area (Å²) in [6.45, 7) is 1.06. The van der Waals surface area contributed by atoms with Crippen LogP contribution in [0.4, 0.5) is 13.2 Å². The molecule has 0 N–H and O–H groups in total. The van der Waals surface area contributed by atoms with Crippen LogP contribution >= 0.6 is 0 Å². The van der Waals surface area contributed by atoms with Crippen molar-refractivity contribution in [2.75, 3.05) is 13.1 Å². The highest BCUT2D eigenvalue weighted by molar-refractivity contribution is 5.78. The highest BCUT2D eigenvalue weighted by Gasteiger charge is 2.31. The number of hydrogen-bond donors (Lipinski definition) is 0. The van der Waals surface area contributed by atoms with Crippen molar-refractivity contribution in [2.24, 2.45) is 0 Å². The second-order valence-electron chi connectivity index (χ2n) is 6.26. The van der Waals surface area contributed by atoms with E-state index < -0.39 is 11.7 Å². The quantitative estimate of drug-likeness (QED) is 0.831. The third kappa shape index (κ3) is 4.74. The van der Waals surface area contributed by atoms with E-state index in [1.807, 2.05) is 6.07 Å². The molecule has 26 heavy (non-hydrogen) atoms. The van der Waals surface area contributed by atoms with E-state index in [-0.39, 0.29) is 17.8 Å². The average Bonchev–Trinajstić information content (AvgIpc) is 2.63. The fourth-order valence-electron chi connectivity index (χ4n) is 2.95. The van der Waals surface area contributed by atoms with Crippen molar-refractivity contribution < 1.29 is 22.7 Å². The van der Waals surface area contributed by atoms with Crippen molar-refractivity contribution in [1.82, 2.24) is 9.88 Å². The molecule has 3 rings (SSSR count). The van der Waals surface area contributed by atoms with E-state index in [2.05, 4.69) is 4.98 Å². The average molecular weight is 364 g/mol. The standard InChI is InChI=1S/C19H19F3N2O2/c20-19(21,22)15-4-1-5-17(12-15)26-16-6-9-24(10-7-16)18(25)11-14-3-2-8-23-13-14/h1-5,8,12-13,16H,6-7,9-11H2. The Labute approximate surface area is 149 Å². The minimum Gasteiger partial charge on any atom is -0.490 e. The molecule has 0 unspecified atom stereocenters. The molecule has 0 spiro atoms. The van der Waals surface area contributed by atoms with E-state index in [0.29, 0.717) is 32.4 Å². The van der Waals surface area contributed by atoms with E-state index in [1.54, 1.807) is 23.4 Å². The van der Waals surface area contributed by atoms with Gasteiger partial charge in [0.1, 0.15) is 11.9 Å². The van der Waals surface area contributed by atoms with Gasteiger partial charge < -0.3 is 9.64 Å². The number of benzene rings is 1. The number of ether oxygens (including phenoxy) is 1. The lowest BCUT2D eigenvalue weighted by Crippen LogP contribution is -2.42. The SMILES string of the molecule is O=C(Cc1cccnc1)N1CCC(Oc2cccc(C(F)(F)F)c2)CC1. The number of alkyl halides is 3. The van der Waals surface area contributed by atoms with Gasteiger partial charge >= 0.3 is 6.18 Å². The maximum absolute atomic E-state index is 12.8. The Bertz CT molecular complexity index is 742. The number of amides is 1. The molecule has 2 heterocycles. The number of carbonyl (C=O) groups is 1. The number of halogens is 3. The molecule has 4 nitrogen and oxygen atoms in total. The van der Waals surface area contributed by atoms with E-state index in [0.717, 1.165) is 17.7 Å². The number of carbonyl (C=O) groups excluding carboxylic acids is 1. The van der Waals surface area contributed by atoms with Gasteiger partial charge in [0.25, 0.3) is 0 Å². The topological polar surface area (TPSA) is 42.4 Å². The predicted octanol–water partition coefficient (Wildman–Crippen LogP) is 3.71. The van der Waals surface area contributed by atoms with Crippen LogP contribution in [-0.2, 0) is 17.4 Å². The second-order valence-corrected chi connectivity index (χ2v) is 6.26. The number of hydrogen-bond acceptors (Lipinski definition) is 3. The molecular formula is C19H19F3N2O2. The Morgan fingerprint density at radius 1 is 1.19 bits per heavy atom. The molecule has 0 atom stereocenters. The first-order valence-electron chi connectivity index (χ1n) is 8.42. The fourth-order valence-corrected chi connectivity index (χ4v) is 2.95. The number of likely N-dealkylation sites (tertiary alicyclic amines) is 1. The summed E-state index contributed by atoms with van der Waals surface area (Å²) in [7, 11) is 0. The Morgan fingerprint density at radius 3 is 2.62 bits per heavy atom. The maximum atomic E-state index is 12.8. The molecule has 0 saturated carbocycles. The first kappa shape index (κ1) is 18.2. The minimum atomic E-state index is -4.39. The third-order valence-corrected chi connectivity index (χ3v) is 4.34. The summed E-state index contributed by atoms with van der Waals surface area (Å²) in [6, 6.07) is 8.54. The molecule has 1 fully saturated rings. The summed E-state index contributed by atoms with van der Waals surface area (Å²) in [5.74, 6) is 0.232. The molecule has 0 radical (unpaired) electrons. The van der Waals surface area contributed by atoms with Gasteiger partial charge in [-0.05, 0) is 29.8 Å². The lowest BCUT2D eigenvalue weighted by Gasteiger charge is -2.32. The minimum absolute atomic E-state index is 0.0236. The highest BCUT2D eigenvalue weighted by Crippen LogP contribution is 2.32. The summed E-state index contributed by atoms with van der Waals surface area (Å²) in [6.07, 6.45) is 0.228. The maximum Gasteiger partial charge on any atom is 0.416 e. The molecule has 1 aliphatic heterocycles. The molecule has 1 amide bonds.